The maximum atomic E-state index is 12.1. The fourth-order valence-corrected chi connectivity index (χ4v) is 1.81. The molecule has 2 aromatic rings. The number of nitrogen functional groups attached to an aromatic ring is 1. The van der Waals surface area contributed by atoms with Crippen LogP contribution in [-0.2, 0) is 0 Å². The third-order valence-corrected chi connectivity index (χ3v) is 2.92. The number of phenols is 1. The lowest BCUT2D eigenvalue weighted by Gasteiger charge is -2.05. The quantitative estimate of drug-likeness (QED) is 0.455. The van der Waals surface area contributed by atoms with Gasteiger partial charge < -0.3 is 15.9 Å². The molecule has 5 heteroatoms. The summed E-state index contributed by atoms with van der Waals surface area (Å²) in [6.45, 7) is 0. The number of nitrogens with two attached hydrogens (primary N) is 1. The Hall–Kier alpha value is -3.08. The molecule has 0 spiro atoms. The van der Waals surface area contributed by atoms with Gasteiger partial charge in [0.2, 0.25) is 0 Å². The first-order valence-corrected chi connectivity index (χ1v) is 6.12. The Morgan fingerprint density at radius 2 is 1.62 bits per heavy atom. The molecule has 0 aliphatic heterocycles. The molecule has 0 fully saturated rings. The first kappa shape index (κ1) is 14.3. The van der Waals surface area contributed by atoms with E-state index in [2.05, 4.69) is 0 Å². The Morgan fingerprint density at radius 1 is 1.00 bits per heavy atom. The van der Waals surface area contributed by atoms with Gasteiger partial charge in [-0.3, -0.25) is 4.79 Å². The minimum Gasteiger partial charge on any atom is -0.508 e. The first-order valence-electron chi connectivity index (χ1n) is 6.12. The predicted octanol–water partition coefficient (Wildman–Crippen LogP) is 2.57. The van der Waals surface area contributed by atoms with Gasteiger partial charge in [-0.2, -0.15) is 0 Å². The van der Waals surface area contributed by atoms with Crippen molar-refractivity contribution in [1.82, 2.24) is 0 Å². The number of carbonyl (C=O) groups is 2. The summed E-state index contributed by atoms with van der Waals surface area (Å²) < 4.78 is 0. The standard InChI is InChI=1S/C16H13NO4/c17-15-12(2-1-3-13(15)16(20)21)14(19)9-6-10-4-7-11(18)8-5-10/h1-9,18H,17H2,(H,20,21). The third kappa shape index (κ3) is 3.27. The van der Waals surface area contributed by atoms with E-state index in [1.165, 1.54) is 36.4 Å². The molecule has 5 nitrogen and oxygen atoms in total. The number of allylic oxidation sites excluding steroid dienone is 1. The number of rotatable bonds is 4. The molecule has 0 amide bonds. The maximum Gasteiger partial charge on any atom is 0.337 e. The van der Waals surface area contributed by atoms with Crippen LogP contribution in [0, 0.1) is 0 Å². The summed E-state index contributed by atoms with van der Waals surface area (Å²) in [5, 5.41) is 18.1. The summed E-state index contributed by atoms with van der Waals surface area (Å²) in [7, 11) is 0. The number of phenolic OH excluding ortho intramolecular Hbond substituents is 1. The van der Waals surface area contributed by atoms with Crippen molar-refractivity contribution in [3.63, 3.8) is 0 Å². The lowest BCUT2D eigenvalue weighted by molar-refractivity contribution is 0.0698. The number of hydrogen-bond acceptors (Lipinski definition) is 4. The highest BCUT2D eigenvalue weighted by atomic mass is 16.4. The van der Waals surface area contributed by atoms with Crippen LogP contribution in [0.1, 0.15) is 26.3 Å². The van der Waals surface area contributed by atoms with Gasteiger partial charge in [0.25, 0.3) is 0 Å². The third-order valence-electron chi connectivity index (χ3n) is 2.92. The van der Waals surface area contributed by atoms with Gasteiger partial charge in [-0.25, -0.2) is 4.79 Å². The van der Waals surface area contributed by atoms with Gasteiger partial charge in [0, 0.05) is 5.56 Å². The summed E-state index contributed by atoms with van der Waals surface area (Å²) >= 11 is 0. The number of benzene rings is 2. The monoisotopic (exact) mass is 283 g/mol. The van der Waals surface area contributed by atoms with E-state index in [1.54, 1.807) is 18.2 Å². The number of hydrogen-bond donors (Lipinski definition) is 3. The molecule has 0 saturated carbocycles. The number of anilines is 1. The number of ketones is 1. The number of aromatic carboxylic acids is 1. The molecule has 0 heterocycles. The minimum atomic E-state index is -1.18. The van der Waals surface area contributed by atoms with Crippen LogP contribution in [0.15, 0.2) is 48.5 Å². The van der Waals surface area contributed by atoms with Crippen molar-refractivity contribution in [1.29, 1.82) is 0 Å². The average molecular weight is 283 g/mol. The molecule has 4 N–H and O–H groups in total. The first-order chi connectivity index (χ1) is 9.99. The van der Waals surface area contributed by atoms with Crippen molar-refractivity contribution in [2.24, 2.45) is 0 Å². The Balaban J connectivity index is 2.26. The van der Waals surface area contributed by atoms with Crippen molar-refractivity contribution < 1.29 is 19.8 Å². The van der Waals surface area contributed by atoms with Crippen LogP contribution >= 0.6 is 0 Å². The highest BCUT2D eigenvalue weighted by Gasteiger charge is 2.14. The molecule has 0 aliphatic carbocycles. The highest BCUT2D eigenvalue weighted by molar-refractivity contribution is 6.12. The molecule has 2 aromatic carbocycles. The number of para-hydroxylation sites is 1. The molecule has 0 bridgehead atoms. The number of aromatic hydroxyl groups is 1. The van der Waals surface area contributed by atoms with E-state index >= 15 is 0 Å². The SMILES string of the molecule is Nc1c(C(=O)O)cccc1C(=O)C=Cc1ccc(O)cc1. The zero-order chi connectivity index (χ0) is 15.4. The molecule has 2 rings (SSSR count). The van der Waals surface area contributed by atoms with Gasteiger partial charge in [0.05, 0.1) is 11.3 Å². The number of carboxylic acids is 1. The van der Waals surface area contributed by atoms with E-state index in [-0.39, 0.29) is 28.3 Å². The zero-order valence-corrected chi connectivity index (χ0v) is 11.0. The van der Waals surface area contributed by atoms with E-state index in [9.17, 15) is 9.59 Å². The molecule has 0 aliphatic rings. The molecule has 0 atom stereocenters. The van der Waals surface area contributed by atoms with E-state index in [0.29, 0.717) is 0 Å². The predicted molar refractivity (Wildman–Crippen MR) is 79.3 cm³/mol. The lowest BCUT2D eigenvalue weighted by Crippen LogP contribution is -2.08. The van der Waals surface area contributed by atoms with Gasteiger partial charge in [0.1, 0.15) is 5.75 Å². The Bertz CT molecular complexity index is 718. The second-order valence-corrected chi connectivity index (χ2v) is 4.36. The van der Waals surface area contributed by atoms with E-state index < -0.39 is 5.97 Å². The maximum absolute atomic E-state index is 12.1. The van der Waals surface area contributed by atoms with E-state index in [1.807, 2.05) is 0 Å². The van der Waals surface area contributed by atoms with Crippen molar-refractivity contribution in [2.75, 3.05) is 5.73 Å². The zero-order valence-electron chi connectivity index (χ0n) is 11.0. The summed E-state index contributed by atoms with van der Waals surface area (Å²) in [6.07, 6.45) is 2.87. The van der Waals surface area contributed by atoms with Crippen LogP contribution in [0.25, 0.3) is 6.08 Å². The normalized spacial score (nSPS) is 10.7. The Kier molecular flexibility index (Phi) is 4.04. The molecule has 106 valence electrons. The van der Waals surface area contributed by atoms with Gasteiger partial charge in [-0.1, -0.05) is 24.3 Å². The summed E-state index contributed by atoms with van der Waals surface area (Å²) in [5.41, 5.74) is 6.43. The van der Waals surface area contributed by atoms with Crippen molar-refractivity contribution in [3.8, 4) is 5.75 Å². The van der Waals surface area contributed by atoms with Crippen molar-refractivity contribution in [3.05, 3.63) is 65.2 Å². The van der Waals surface area contributed by atoms with Crippen LogP contribution in [0.4, 0.5) is 5.69 Å². The molecule has 0 saturated heterocycles. The fraction of sp³-hybridized carbons (Fsp3) is 0. The molecular formula is C16H13NO4. The topological polar surface area (TPSA) is 101 Å². The Labute approximate surface area is 121 Å². The summed E-state index contributed by atoms with van der Waals surface area (Å²) in [4.78, 5) is 23.0. The largest absolute Gasteiger partial charge is 0.508 e. The molecule has 0 unspecified atom stereocenters. The van der Waals surface area contributed by atoms with Crippen LogP contribution in [0.2, 0.25) is 0 Å². The fourth-order valence-electron chi connectivity index (χ4n) is 1.81. The molecular weight excluding hydrogens is 270 g/mol. The number of carbonyl (C=O) groups excluding carboxylic acids is 1. The summed E-state index contributed by atoms with van der Waals surface area (Å²) in [5.74, 6) is -1.43. The smallest absolute Gasteiger partial charge is 0.337 e. The minimum absolute atomic E-state index is 0.0506. The summed E-state index contributed by atoms with van der Waals surface area (Å²) in [6, 6.07) is 10.6. The van der Waals surface area contributed by atoms with Crippen LogP contribution in [0.5, 0.6) is 5.75 Å². The number of carboxylic acid groups (broad SMARTS) is 1. The van der Waals surface area contributed by atoms with Crippen LogP contribution < -0.4 is 5.73 Å². The molecule has 0 radical (unpaired) electrons. The Morgan fingerprint density at radius 3 is 2.24 bits per heavy atom. The van der Waals surface area contributed by atoms with Crippen LogP contribution in [0.3, 0.4) is 0 Å². The molecule has 21 heavy (non-hydrogen) atoms. The molecule has 0 aromatic heterocycles. The second kappa shape index (κ2) is 5.92. The van der Waals surface area contributed by atoms with Gasteiger partial charge in [-0.05, 0) is 35.9 Å². The highest BCUT2D eigenvalue weighted by Crippen LogP contribution is 2.19. The average Bonchev–Trinajstić information content (AvgIpc) is 2.46. The van der Waals surface area contributed by atoms with Crippen LogP contribution in [-0.4, -0.2) is 22.0 Å². The van der Waals surface area contributed by atoms with Crippen molar-refractivity contribution in [2.45, 2.75) is 0 Å². The van der Waals surface area contributed by atoms with E-state index in [0.717, 1.165) is 5.56 Å². The van der Waals surface area contributed by atoms with Crippen molar-refractivity contribution >= 4 is 23.5 Å². The van der Waals surface area contributed by atoms with Gasteiger partial charge in [0.15, 0.2) is 5.78 Å². The van der Waals surface area contributed by atoms with E-state index in [4.69, 9.17) is 15.9 Å². The van der Waals surface area contributed by atoms with Gasteiger partial charge in [-0.15, -0.1) is 0 Å². The lowest BCUT2D eigenvalue weighted by atomic mass is 10.0. The second-order valence-electron chi connectivity index (χ2n) is 4.36. The van der Waals surface area contributed by atoms with Gasteiger partial charge >= 0.3 is 5.97 Å².